The van der Waals surface area contributed by atoms with Gasteiger partial charge in [0.1, 0.15) is 30.8 Å². The van der Waals surface area contributed by atoms with Gasteiger partial charge in [0, 0.05) is 65.3 Å². The van der Waals surface area contributed by atoms with Gasteiger partial charge in [0.25, 0.3) is 0 Å². The summed E-state index contributed by atoms with van der Waals surface area (Å²) in [4.78, 5) is 17.2. The highest BCUT2D eigenvalue weighted by atomic mass is 35.5. The third kappa shape index (κ3) is 11.4. The summed E-state index contributed by atoms with van der Waals surface area (Å²) in [5.41, 5.74) is 0. The molecule has 3 heterocycles. The van der Waals surface area contributed by atoms with Gasteiger partial charge in [0.05, 0.1) is 24.2 Å². The highest BCUT2D eigenvalue weighted by molar-refractivity contribution is 6.21. The number of carbonyl (C=O) groups excluding carboxylic acids is 1. The Labute approximate surface area is 272 Å². The summed E-state index contributed by atoms with van der Waals surface area (Å²) in [6.45, 7) is 5.40. The number of hydrogen-bond acceptors (Lipinski definition) is 11. The first kappa shape index (κ1) is 37.1. The van der Waals surface area contributed by atoms with E-state index in [-0.39, 0.29) is 48.5 Å². The highest BCUT2D eigenvalue weighted by Gasteiger charge is 2.36. The third-order valence-electron chi connectivity index (χ3n) is 10.2. The van der Waals surface area contributed by atoms with Crippen LogP contribution in [0.3, 0.4) is 0 Å². The number of nitrogens with one attached hydrogen (secondary N) is 3. The zero-order valence-electron chi connectivity index (χ0n) is 26.5. The Morgan fingerprint density at radius 1 is 0.978 bits per heavy atom. The number of aliphatic hydroxyl groups is 5. The molecule has 3 aliphatic heterocycles. The van der Waals surface area contributed by atoms with Crippen LogP contribution in [0.5, 0.6) is 0 Å². The molecule has 0 bridgehead atoms. The van der Waals surface area contributed by atoms with Crippen LogP contribution in [0.25, 0.3) is 0 Å². The Morgan fingerprint density at radius 3 is 2.36 bits per heavy atom. The average molecular weight is 666 g/mol. The van der Waals surface area contributed by atoms with Gasteiger partial charge in [0.2, 0.25) is 5.91 Å². The fourth-order valence-electron chi connectivity index (χ4n) is 7.23. The second-order valence-electron chi connectivity index (χ2n) is 13.7. The maximum absolute atomic E-state index is 15.1. The summed E-state index contributed by atoms with van der Waals surface area (Å²) in [5, 5.41) is 58.2. The predicted octanol–water partition coefficient (Wildman–Crippen LogP) is -0.650. The molecule has 1 saturated carbocycles. The van der Waals surface area contributed by atoms with Gasteiger partial charge in [0.15, 0.2) is 0 Å². The zero-order chi connectivity index (χ0) is 32.3. The number of amides is 1. The smallest absolute Gasteiger partial charge is 0.222 e. The van der Waals surface area contributed by atoms with Crippen molar-refractivity contribution in [2.45, 2.75) is 106 Å². The normalized spacial score (nSPS) is 33.2. The molecule has 1 aliphatic carbocycles. The minimum absolute atomic E-state index is 0.0126. The molecule has 0 aromatic rings. The lowest BCUT2D eigenvalue weighted by Crippen LogP contribution is -2.62. The molecule has 45 heavy (non-hydrogen) atoms. The molecule has 4 aliphatic rings. The Balaban J connectivity index is 1.03. The highest BCUT2D eigenvalue weighted by Crippen LogP contribution is 2.33. The number of alkyl halides is 2. The predicted molar refractivity (Wildman–Crippen MR) is 168 cm³/mol. The summed E-state index contributed by atoms with van der Waals surface area (Å²) >= 11 is 6.16. The molecule has 0 spiro atoms. The minimum atomic E-state index is -1.66. The number of likely N-dealkylation sites (tertiary alicyclic amines) is 2. The maximum Gasteiger partial charge on any atom is 0.222 e. The first-order chi connectivity index (χ1) is 21.6. The van der Waals surface area contributed by atoms with E-state index in [1.54, 1.807) is 4.90 Å². The van der Waals surface area contributed by atoms with E-state index >= 15 is 4.39 Å². The lowest BCUT2D eigenvalue weighted by Gasteiger charge is -2.41. The number of hydrogen-bond donors (Lipinski definition) is 8. The minimum Gasteiger partial charge on any atom is -0.394 e. The van der Waals surface area contributed by atoms with Crippen molar-refractivity contribution >= 4 is 17.5 Å². The second kappa shape index (κ2) is 18.7. The van der Waals surface area contributed by atoms with Gasteiger partial charge in [-0.25, -0.2) is 4.39 Å². The van der Waals surface area contributed by atoms with Gasteiger partial charge in [-0.05, 0) is 69.2 Å². The average Bonchev–Trinajstić information content (AvgIpc) is 3.53. The number of halogens is 2. The van der Waals surface area contributed by atoms with E-state index in [1.165, 1.54) is 12.8 Å². The van der Waals surface area contributed by atoms with Gasteiger partial charge in [-0.2, -0.15) is 0 Å². The van der Waals surface area contributed by atoms with Crippen molar-refractivity contribution in [3.8, 4) is 0 Å². The summed E-state index contributed by atoms with van der Waals surface area (Å²) < 4.78 is 21.2. The third-order valence-corrected chi connectivity index (χ3v) is 10.5. The van der Waals surface area contributed by atoms with Crippen molar-refractivity contribution in [3.63, 3.8) is 0 Å². The number of carbonyl (C=O) groups is 1. The monoisotopic (exact) mass is 665 g/mol. The molecule has 0 aromatic heterocycles. The molecule has 4 fully saturated rings. The number of ether oxygens (including phenoxy) is 1. The molecule has 0 radical (unpaired) electrons. The Hall–Kier alpha value is -0.710. The van der Waals surface area contributed by atoms with Crippen LogP contribution in [0.1, 0.15) is 57.8 Å². The van der Waals surface area contributed by atoms with Crippen molar-refractivity contribution < 1.29 is 39.5 Å². The van der Waals surface area contributed by atoms with Crippen LogP contribution in [0.2, 0.25) is 0 Å². The van der Waals surface area contributed by atoms with Crippen LogP contribution in [0.4, 0.5) is 4.39 Å². The van der Waals surface area contributed by atoms with Gasteiger partial charge in [-0.1, -0.05) is 0 Å². The first-order valence-corrected chi connectivity index (χ1v) is 17.5. The maximum atomic E-state index is 15.1. The molecule has 0 aromatic carbocycles. The van der Waals surface area contributed by atoms with Crippen molar-refractivity contribution in [1.82, 2.24) is 25.8 Å². The van der Waals surface area contributed by atoms with Crippen molar-refractivity contribution in [3.05, 3.63) is 0 Å². The van der Waals surface area contributed by atoms with Crippen LogP contribution in [-0.4, -0.2) is 155 Å². The van der Waals surface area contributed by atoms with Crippen LogP contribution in [0, 0.1) is 17.8 Å². The summed E-state index contributed by atoms with van der Waals surface area (Å²) in [6.07, 6.45) is 0.253. The number of nitrogens with zero attached hydrogens (tertiary/aromatic N) is 2. The first-order valence-electron chi connectivity index (χ1n) is 17.1. The van der Waals surface area contributed by atoms with E-state index in [0.29, 0.717) is 45.0 Å². The molecule has 14 heteroatoms. The van der Waals surface area contributed by atoms with Gasteiger partial charge < -0.3 is 40.5 Å². The van der Waals surface area contributed by atoms with Crippen LogP contribution in [-0.2, 0) is 9.53 Å². The van der Waals surface area contributed by atoms with Gasteiger partial charge in [-0.3, -0.25) is 20.3 Å². The SMILES string of the molecule is O=C(CC1CCC(OCCCC2CCN(C3NCC(Cl)CN3)CC2)CC1F)N1CC[C@H](CNC[C@H](O)[C@@H](O)[C@H](O)[C@H](O)CO)C1. The summed E-state index contributed by atoms with van der Waals surface area (Å²) in [5.74, 6) is 0.567. The Bertz CT molecular complexity index is 870. The van der Waals surface area contributed by atoms with E-state index in [0.717, 1.165) is 51.9 Å². The van der Waals surface area contributed by atoms with E-state index in [1.807, 2.05) is 0 Å². The fourth-order valence-corrected chi connectivity index (χ4v) is 7.40. The van der Waals surface area contributed by atoms with Gasteiger partial charge in [-0.15, -0.1) is 11.6 Å². The molecule has 8 N–H and O–H groups in total. The van der Waals surface area contributed by atoms with Crippen molar-refractivity contribution in [1.29, 1.82) is 0 Å². The molecular formula is C31H57ClFN5O7. The zero-order valence-corrected chi connectivity index (χ0v) is 27.2. The molecule has 1 amide bonds. The van der Waals surface area contributed by atoms with Crippen LogP contribution >= 0.6 is 11.6 Å². The fraction of sp³-hybridized carbons (Fsp3) is 0.968. The Kier molecular flexibility index (Phi) is 15.4. The molecular weight excluding hydrogens is 609 g/mol. The van der Waals surface area contributed by atoms with Crippen molar-refractivity contribution in [2.75, 3.05) is 65.6 Å². The number of rotatable bonds is 16. The molecule has 3 saturated heterocycles. The standard InChI is InChI=1S/C31H57ClFN5O7/c32-23-15-35-31(36-16-23)37-8-5-20(6-9-37)2-1-11-45-24-4-3-22(25(33)13-24)12-28(42)38-10-7-21(18-38)14-34-17-26(40)29(43)30(44)27(41)19-39/h20-27,29-31,34-36,39-41,43-44H,1-19H2/t21-,22?,23?,24?,25?,26+,27-,29-,30-,31?/m1/s1. The number of piperidine rings is 1. The molecule has 12 nitrogen and oxygen atoms in total. The molecule has 3 unspecified atom stereocenters. The molecule has 4 rings (SSSR count). The topological polar surface area (TPSA) is 170 Å². The van der Waals surface area contributed by atoms with Crippen LogP contribution in [0.15, 0.2) is 0 Å². The molecule has 8 atom stereocenters. The summed E-state index contributed by atoms with van der Waals surface area (Å²) in [7, 11) is 0. The quantitative estimate of drug-likeness (QED) is 0.0779. The Morgan fingerprint density at radius 2 is 1.67 bits per heavy atom. The largest absolute Gasteiger partial charge is 0.394 e. The van der Waals surface area contributed by atoms with E-state index < -0.39 is 37.2 Å². The molecule has 262 valence electrons. The number of aliphatic hydroxyl groups excluding tert-OH is 5. The lowest BCUT2D eigenvalue weighted by molar-refractivity contribution is -0.132. The van der Waals surface area contributed by atoms with E-state index in [9.17, 15) is 25.2 Å². The van der Waals surface area contributed by atoms with E-state index in [4.69, 9.17) is 21.4 Å². The second-order valence-corrected chi connectivity index (χ2v) is 14.3. The van der Waals surface area contributed by atoms with Gasteiger partial charge >= 0.3 is 0 Å². The summed E-state index contributed by atoms with van der Waals surface area (Å²) in [6, 6.07) is 0. The van der Waals surface area contributed by atoms with E-state index in [2.05, 4.69) is 20.9 Å². The van der Waals surface area contributed by atoms with Crippen LogP contribution < -0.4 is 16.0 Å². The van der Waals surface area contributed by atoms with Crippen molar-refractivity contribution in [2.24, 2.45) is 17.8 Å². The lowest BCUT2D eigenvalue weighted by atomic mass is 9.83.